The van der Waals surface area contributed by atoms with Crippen LogP contribution in [0.15, 0.2) is 0 Å². The van der Waals surface area contributed by atoms with Gasteiger partial charge in [0.15, 0.2) is 0 Å². The van der Waals surface area contributed by atoms with Gasteiger partial charge in [0.1, 0.15) is 0 Å². The molecule has 0 bridgehead atoms. The van der Waals surface area contributed by atoms with Crippen LogP contribution in [0.3, 0.4) is 0 Å². The molecule has 18 heavy (non-hydrogen) atoms. The molecule has 0 radical (unpaired) electrons. The maximum absolute atomic E-state index is 11.6. The number of methoxy groups -OCH3 is 1. The highest BCUT2D eigenvalue weighted by Crippen LogP contribution is 2.04. The Balaban J connectivity index is 3.70. The largest absolute Gasteiger partial charge is 0.383 e. The summed E-state index contributed by atoms with van der Waals surface area (Å²) in [5.41, 5.74) is 5.76. The zero-order valence-corrected chi connectivity index (χ0v) is 11.5. The van der Waals surface area contributed by atoms with Crippen molar-refractivity contribution in [3.63, 3.8) is 0 Å². The molecule has 0 aliphatic carbocycles. The Hall–Kier alpha value is -1.14. The first-order valence-electron chi connectivity index (χ1n) is 6.31. The molecule has 4 N–H and O–H groups in total. The summed E-state index contributed by atoms with van der Waals surface area (Å²) in [6, 6.07) is -0.508. The standard InChI is InChI=1S/C12H25N3O3/c1-4-9(2)11(13)12(17)15-6-5-10(16)14-7-8-18-3/h9,11H,4-8,13H2,1-3H3,(H,14,16)(H,15,17)/t9-,11-/m0/s1. The summed E-state index contributed by atoms with van der Waals surface area (Å²) in [4.78, 5) is 22.9. The number of amides is 2. The number of carbonyl (C=O) groups is 2. The molecule has 2 atom stereocenters. The van der Waals surface area contributed by atoms with Gasteiger partial charge in [-0.25, -0.2) is 0 Å². The van der Waals surface area contributed by atoms with Crippen molar-refractivity contribution < 1.29 is 14.3 Å². The lowest BCUT2D eigenvalue weighted by Crippen LogP contribution is -2.45. The molecular weight excluding hydrogens is 234 g/mol. The lowest BCUT2D eigenvalue weighted by Gasteiger charge is -2.17. The zero-order chi connectivity index (χ0) is 14.0. The number of rotatable bonds is 9. The fourth-order valence-corrected chi connectivity index (χ4v) is 1.31. The molecule has 0 rings (SSSR count). The van der Waals surface area contributed by atoms with Crippen molar-refractivity contribution in [3.8, 4) is 0 Å². The van der Waals surface area contributed by atoms with E-state index in [1.807, 2.05) is 13.8 Å². The van der Waals surface area contributed by atoms with Gasteiger partial charge in [-0.3, -0.25) is 9.59 Å². The highest BCUT2D eigenvalue weighted by molar-refractivity contribution is 5.82. The molecule has 0 aromatic heterocycles. The minimum absolute atomic E-state index is 0.107. The second-order valence-electron chi connectivity index (χ2n) is 4.30. The minimum atomic E-state index is -0.508. The third kappa shape index (κ3) is 7.24. The van der Waals surface area contributed by atoms with Gasteiger partial charge in [0.05, 0.1) is 12.6 Å². The van der Waals surface area contributed by atoms with Gasteiger partial charge in [-0.1, -0.05) is 20.3 Å². The summed E-state index contributed by atoms with van der Waals surface area (Å²) >= 11 is 0. The van der Waals surface area contributed by atoms with Crippen molar-refractivity contribution >= 4 is 11.8 Å². The highest BCUT2D eigenvalue weighted by atomic mass is 16.5. The molecule has 0 aromatic rings. The van der Waals surface area contributed by atoms with E-state index in [-0.39, 0.29) is 24.2 Å². The second-order valence-corrected chi connectivity index (χ2v) is 4.30. The fourth-order valence-electron chi connectivity index (χ4n) is 1.31. The average Bonchev–Trinajstić information content (AvgIpc) is 2.37. The number of carbonyl (C=O) groups excluding carboxylic acids is 2. The van der Waals surface area contributed by atoms with Crippen LogP contribution in [0.1, 0.15) is 26.7 Å². The van der Waals surface area contributed by atoms with E-state index >= 15 is 0 Å². The van der Waals surface area contributed by atoms with Gasteiger partial charge in [-0.15, -0.1) is 0 Å². The van der Waals surface area contributed by atoms with E-state index in [0.717, 1.165) is 6.42 Å². The van der Waals surface area contributed by atoms with E-state index in [0.29, 0.717) is 19.7 Å². The molecule has 106 valence electrons. The lowest BCUT2D eigenvalue weighted by atomic mass is 9.99. The second kappa shape index (κ2) is 9.85. The molecular formula is C12H25N3O3. The van der Waals surface area contributed by atoms with Gasteiger partial charge in [-0.05, 0) is 5.92 Å². The molecule has 0 fully saturated rings. The smallest absolute Gasteiger partial charge is 0.237 e. The Morgan fingerprint density at radius 1 is 1.28 bits per heavy atom. The predicted octanol–water partition coefficient (Wildman–Crippen LogP) is -0.371. The fraction of sp³-hybridized carbons (Fsp3) is 0.833. The maximum Gasteiger partial charge on any atom is 0.237 e. The van der Waals surface area contributed by atoms with E-state index in [4.69, 9.17) is 10.5 Å². The van der Waals surface area contributed by atoms with E-state index in [2.05, 4.69) is 10.6 Å². The first-order chi connectivity index (χ1) is 8.52. The number of nitrogens with one attached hydrogen (secondary N) is 2. The normalized spacial score (nSPS) is 13.8. The Labute approximate surface area is 109 Å². The molecule has 0 aliphatic rings. The summed E-state index contributed by atoms with van der Waals surface area (Å²) in [7, 11) is 1.57. The summed E-state index contributed by atoms with van der Waals surface area (Å²) in [6.45, 7) is 5.19. The molecule has 0 heterocycles. The van der Waals surface area contributed by atoms with E-state index < -0.39 is 6.04 Å². The summed E-state index contributed by atoms with van der Waals surface area (Å²) in [6.07, 6.45) is 1.11. The molecule has 0 aromatic carbocycles. The Morgan fingerprint density at radius 3 is 2.50 bits per heavy atom. The van der Waals surface area contributed by atoms with Crippen LogP contribution < -0.4 is 16.4 Å². The summed E-state index contributed by atoms with van der Waals surface area (Å²) < 4.78 is 4.80. The number of hydrogen-bond donors (Lipinski definition) is 3. The van der Waals surface area contributed by atoms with E-state index in [1.54, 1.807) is 7.11 Å². The summed E-state index contributed by atoms with van der Waals surface area (Å²) in [5.74, 6) is -0.168. The Morgan fingerprint density at radius 2 is 1.94 bits per heavy atom. The highest BCUT2D eigenvalue weighted by Gasteiger charge is 2.18. The molecule has 6 nitrogen and oxygen atoms in total. The van der Waals surface area contributed by atoms with E-state index in [1.165, 1.54) is 0 Å². The molecule has 0 unspecified atom stereocenters. The topological polar surface area (TPSA) is 93.5 Å². The van der Waals surface area contributed by atoms with Gasteiger partial charge in [-0.2, -0.15) is 0 Å². The van der Waals surface area contributed by atoms with Crippen LogP contribution in [0.4, 0.5) is 0 Å². The molecule has 0 saturated carbocycles. The van der Waals surface area contributed by atoms with Gasteiger partial charge in [0.25, 0.3) is 0 Å². The maximum atomic E-state index is 11.6. The van der Waals surface area contributed by atoms with Crippen molar-refractivity contribution in [1.29, 1.82) is 0 Å². The van der Waals surface area contributed by atoms with Crippen LogP contribution in [-0.4, -0.2) is 44.7 Å². The number of ether oxygens (including phenoxy) is 1. The SMILES string of the molecule is CC[C@H](C)[C@H](N)C(=O)NCCC(=O)NCCOC. The lowest BCUT2D eigenvalue weighted by molar-refractivity contribution is -0.124. The van der Waals surface area contributed by atoms with Gasteiger partial charge in [0.2, 0.25) is 11.8 Å². The number of hydrogen-bond acceptors (Lipinski definition) is 4. The zero-order valence-electron chi connectivity index (χ0n) is 11.5. The third-order valence-corrected chi connectivity index (χ3v) is 2.84. The van der Waals surface area contributed by atoms with Crippen LogP contribution in [-0.2, 0) is 14.3 Å². The quantitative estimate of drug-likeness (QED) is 0.492. The van der Waals surface area contributed by atoms with Crippen LogP contribution in [0, 0.1) is 5.92 Å². The van der Waals surface area contributed by atoms with Crippen molar-refractivity contribution in [2.75, 3.05) is 26.8 Å². The van der Waals surface area contributed by atoms with Gasteiger partial charge >= 0.3 is 0 Å². The van der Waals surface area contributed by atoms with Crippen molar-refractivity contribution in [1.82, 2.24) is 10.6 Å². The van der Waals surface area contributed by atoms with Gasteiger partial charge in [0, 0.05) is 26.6 Å². The van der Waals surface area contributed by atoms with E-state index in [9.17, 15) is 9.59 Å². The molecule has 6 heteroatoms. The van der Waals surface area contributed by atoms with Gasteiger partial charge < -0.3 is 21.1 Å². The number of nitrogens with two attached hydrogens (primary N) is 1. The molecule has 0 aliphatic heterocycles. The third-order valence-electron chi connectivity index (χ3n) is 2.84. The summed E-state index contributed by atoms with van der Waals surface area (Å²) in [5, 5.41) is 5.34. The van der Waals surface area contributed by atoms with Crippen LogP contribution in [0.25, 0.3) is 0 Å². The van der Waals surface area contributed by atoms with Crippen molar-refractivity contribution in [2.24, 2.45) is 11.7 Å². The Bertz CT molecular complexity index is 259. The first kappa shape index (κ1) is 16.9. The van der Waals surface area contributed by atoms with Crippen molar-refractivity contribution in [3.05, 3.63) is 0 Å². The Kier molecular flexibility index (Phi) is 9.22. The first-order valence-corrected chi connectivity index (χ1v) is 6.31. The molecule has 0 spiro atoms. The van der Waals surface area contributed by atoms with Crippen molar-refractivity contribution in [2.45, 2.75) is 32.7 Å². The molecule has 0 saturated heterocycles. The molecule has 2 amide bonds. The minimum Gasteiger partial charge on any atom is -0.383 e. The van der Waals surface area contributed by atoms with Crippen LogP contribution in [0.2, 0.25) is 0 Å². The predicted molar refractivity (Wildman–Crippen MR) is 69.9 cm³/mol. The monoisotopic (exact) mass is 259 g/mol. The van der Waals surface area contributed by atoms with Crippen LogP contribution in [0.5, 0.6) is 0 Å². The van der Waals surface area contributed by atoms with Crippen LogP contribution >= 0.6 is 0 Å². The average molecular weight is 259 g/mol.